The first-order valence-corrected chi connectivity index (χ1v) is 5.79. The van der Waals surface area contributed by atoms with E-state index in [0.717, 1.165) is 0 Å². The summed E-state index contributed by atoms with van der Waals surface area (Å²) in [4.78, 5) is 23.0. The van der Waals surface area contributed by atoms with E-state index in [9.17, 15) is 9.59 Å². The Morgan fingerprint density at radius 2 is 1.88 bits per heavy atom. The van der Waals surface area contributed by atoms with E-state index >= 15 is 0 Å². The van der Waals surface area contributed by atoms with Crippen LogP contribution in [0.2, 0.25) is 0 Å². The first kappa shape index (κ1) is 15.7. The fourth-order valence-corrected chi connectivity index (χ4v) is 0.998. The van der Waals surface area contributed by atoms with Crippen molar-refractivity contribution >= 4 is 11.9 Å². The number of carbonyl (C=O) groups excluding carboxylic acids is 2. The van der Waals surface area contributed by atoms with Crippen molar-refractivity contribution in [3.05, 3.63) is 12.2 Å². The fourth-order valence-electron chi connectivity index (χ4n) is 0.998. The van der Waals surface area contributed by atoms with Gasteiger partial charge in [-0.1, -0.05) is 26.0 Å². The molecule has 0 spiro atoms. The molecule has 0 aromatic rings. The van der Waals surface area contributed by atoms with Crippen LogP contribution in [0.4, 0.5) is 0 Å². The van der Waals surface area contributed by atoms with Gasteiger partial charge in [0.2, 0.25) is 5.60 Å². The molecule has 0 bridgehead atoms. The third-order valence-electron chi connectivity index (χ3n) is 1.93. The minimum Gasteiger partial charge on any atom is -0.462 e. The lowest BCUT2D eigenvalue weighted by molar-refractivity contribution is -0.178. The van der Waals surface area contributed by atoms with Crippen molar-refractivity contribution in [3.63, 3.8) is 0 Å². The lowest BCUT2D eigenvalue weighted by Gasteiger charge is -2.23. The Bertz CT molecular complexity index is 290. The van der Waals surface area contributed by atoms with E-state index in [1.807, 2.05) is 20.8 Å². The molecule has 0 saturated carbocycles. The average molecular weight is 242 g/mol. The molecule has 0 heterocycles. The van der Waals surface area contributed by atoms with Crippen LogP contribution < -0.4 is 0 Å². The zero-order valence-electron chi connectivity index (χ0n) is 11.3. The van der Waals surface area contributed by atoms with Gasteiger partial charge in [-0.25, -0.2) is 4.79 Å². The highest BCUT2D eigenvalue weighted by molar-refractivity contribution is 5.83. The van der Waals surface area contributed by atoms with Crippen LogP contribution in [0.5, 0.6) is 0 Å². The molecule has 0 radical (unpaired) electrons. The summed E-state index contributed by atoms with van der Waals surface area (Å²) in [7, 11) is 0. The monoisotopic (exact) mass is 242 g/mol. The summed E-state index contributed by atoms with van der Waals surface area (Å²) in [5.41, 5.74) is -1.23. The third-order valence-corrected chi connectivity index (χ3v) is 1.93. The van der Waals surface area contributed by atoms with Gasteiger partial charge in [0.25, 0.3) is 0 Å². The van der Waals surface area contributed by atoms with Gasteiger partial charge in [-0.2, -0.15) is 0 Å². The summed E-state index contributed by atoms with van der Waals surface area (Å²) in [6.45, 7) is 9.09. The Kier molecular flexibility index (Phi) is 6.54. The van der Waals surface area contributed by atoms with Crippen LogP contribution in [-0.2, 0) is 19.1 Å². The lowest BCUT2D eigenvalue weighted by atomic mass is 10.1. The topological polar surface area (TPSA) is 52.6 Å². The van der Waals surface area contributed by atoms with E-state index in [1.165, 1.54) is 13.8 Å². The van der Waals surface area contributed by atoms with Crippen LogP contribution in [0.1, 0.15) is 41.0 Å². The summed E-state index contributed by atoms with van der Waals surface area (Å²) in [5.74, 6) is -0.692. The predicted octanol–water partition coefficient (Wildman–Crippen LogP) is 2.47. The van der Waals surface area contributed by atoms with E-state index in [0.29, 0.717) is 6.61 Å². The maximum atomic E-state index is 11.7. The van der Waals surface area contributed by atoms with Gasteiger partial charge in [0.05, 0.1) is 13.0 Å². The summed E-state index contributed by atoms with van der Waals surface area (Å²) >= 11 is 0. The maximum absolute atomic E-state index is 11.7. The molecular formula is C13H22O4. The minimum absolute atomic E-state index is 0.164. The lowest BCUT2D eigenvalue weighted by Crippen LogP contribution is -2.39. The second-order valence-corrected chi connectivity index (χ2v) is 4.75. The molecule has 4 heteroatoms. The van der Waals surface area contributed by atoms with Gasteiger partial charge in [0.1, 0.15) is 0 Å². The number of hydrogen-bond acceptors (Lipinski definition) is 4. The normalized spacial score (nSPS) is 11.9. The van der Waals surface area contributed by atoms with E-state index in [-0.39, 0.29) is 12.3 Å². The molecule has 4 nitrogen and oxygen atoms in total. The van der Waals surface area contributed by atoms with Crippen LogP contribution in [0, 0.1) is 5.92 Å². The van der Waals surface area contributed by atoms with Crippen LogP contribution >= 0.6 is 0 Å². The van der Waals surface area contributed by atoms with Gasteiger partial charge in [-0.3, -0.25) is 4.79 Å². The Hall–Kier alpha value is -1.32. The molecule has 0 aliphatic heterocycles. The zero-order valence-corrected chi connectivity index (χ0v) is 11.3. The molecule has 0 aromatic heterocycles. The SMILES string of the molecule is CC=CCC(=O)OC(C)(C)C(=O)OCC(C)C. The average Bonchev–Trinajstić information content (AvgIpc) is 2.22. The summed E-state index contributed by atoms with van der Waals surface area (Å²) in [6, 6.07) is 0. The standard InChI is InChI=1S/C13H22O4/c1-6-7-8-11(14)17-13(4,5)12(15)16-9-10(2)3/h6-7,10H,8-9H2,1-5H3. The quantitative estimate of drug-likeness (QED) is 0.530. The Labute approximate surface area is 103 Å². The van der Waals surface area contributed by atoms with Gasteiger partial charge in [0, 0.05) is 0 Å². The highest BCUT2D eigenvalue weighted by Gasteiger charge is 2.33. The van der Waals surface area contributed by atoms with Gasteiger partial charge >= 0.3 is 11.9 Å². The van der Waals surface area contributed by atoms with Crippen LogP contribution in [0.3, 0.4) is 0 Å². The Morgan fingerprint density at radius 1 is 1.29 bits per heavy atom. The third kappa shape index (κ3) is 6.76. The van der Waals surface area contributed by atoms with Gasteiger partial charge in [-0.05, 0) is 26.7 Å². The van der Waals surface area contributed by atoms with E-state index in [2.05, 4.69) is 0 Å². The van der Waals surface area contributed by atoms with Crippen molar-refractivity contribution in [3.8, 4) is 0 Å². The number of ether oxygens (including phenoxy) is 2. The molecule has 0 aliphatic rings. The summed E-state index contributed by atoms with van der Waals surface area (Å²) in [6.07, 6.45) is 3.60. The molecule has 0 fully saturated rings. The van der Waals surface area contributed by atoms with E-state index in [4.69, 9.17) is 9.47 Å². The first-order valence-electron chi connectivity index (χ1n) is 5.79. The molecule has 0 amide bonds. The van der Waals surface area contributed by atoms with Crippen molar-refractivity contribution in [2.75, 3.05) is 6.61 Å². The molecule has 0 rings (SSSR count). The molecule has 0 N–H and O–H groups in total. The number of allylic oxidation sites excluding steroid dienone is 1. The highest BCUT2D eigenvalue weighted by atomic mass is 16.6. The molecule has 98 valence electrons. The van der Waals surface area contributed by atoms with Gasteiger partial charge in [-0.15, -0.1) is 0 Å². The fraction of sp³-hybridized carbons (Fsp3) is 0.692. The van der Waals surface area contributed by atoms with Crippen molar-refractivity contribution < 1.29 is 19.1 Å². The summed E-state index contributed by atoms with van der Waals surface area (Å²) < 4.78 is 10.1. The molecule has 0 saturated heterocycles. The number of esters is 2. The van der Waals surface area contributed by atoms with Crippen molar-refractivity contribution in [1.82, 2.24) is 0 Å². The second kappa shape index (κ2) is 7.09. The maximum Gasteiger partial charge on any atom is 0.350 e. The zero-order chi connectivity index (χ0) is 13.5. The molecular weight excluding hydrogens is 220 g/mol. The van der Waals surface area contributed by atoms with Crippen molar-refractivity contribution in [2.45, 2.75) is 46.6 Å². The van der Waals surface area contributed by atoms with Crippen LogP contribution in [0.25, 0.3) is 0 Å². The highest BCUT2D eigenvalue weighted by Crippen LogP contribution is 2.13. The van der Waals surface area contributed by atoms with Gasteiger partial charge < -0.3 is 9.47 Å². The largest absolute Gasteiger partial charge is 0.462 e. The van der Waals surface area contributed by atoms with E-state index in [1.54, 1.807) is 12.2 Å². The van der Waals surface area contributed by atoms with Crippen LogP contribution in [-0.4, -0.2) is 24.1 Å². The minimum atomic E-state index is -1.23. The van der Waals surface area contributed by atoms with Gasteiger partial charge in [0.15, 0.2) is 0 Å². The van der Waals surface area contributed by atoms with E-state index < -0.39 is 17.5 Å². The Balaban J connectivity index is 4.25. The second-order valence-electron chi connectivity index (χ2n) is 4.75. The predicted molar refractivity (Wildman–Crippen MR) is 65.4 cm³/mol. The molecule has 0 aromatic carbocycles. The van der Waals surface area contributed by atoms with Crippen molar-refractivity contribution in [1.29, 1.82) is 0 Å². The van der Waals surface area contributed by atoms with Crippen LogP contribution in [0.15, 0.2) is 12.2 Å². The number of hydrogen-bond donors (Lipinski definition) is 0. The molecule has 0 atom stereocenters. The smallest absolute Gasteiger partial charge is 0.350 e. The summed E-state index contributed by atoms with van der Waals surface area (Å²) in [5, 5.41) is 0. The Morgan fingerprint density at radius 3 is 2.35 bits per heavy atom. The molecule has 0 unspecified atom stereocenters. The number of rotatable bonds is 6. The molecule has 0 aliphatic carbocycles. The first-order chi connectivity index (χ1) is 7.79. The van der Waals surface area contributed by atoms with Crippen molar-refractivity contribution in [2.24, 2.45) is 5.92 Å². The number of carbonyl (C=O) groups is 2. The molecule has 17 heavy (non-hydrogen) atoms.